The van der Waals surface area contributed by atoms with Gasteiger partial charge in [0.25, 0.3) is 0 Å². The van der Waals surface area contributed by atoms with Crippen LogP contribution in [0.3, 0.4) is 0 Å². The molecule has 1 aliphatic rings. The van der Waals surface area contributed by atoms with Crippen molar-refractivity contribution in [2.45, 2.75) is 39.3 Å². The molecule has 106 valence electrons. The molecule has 19 heavy (non-hydrogen) atoms. The molecule has 1 saturated heterocycles. The van der Waals surface area contributed by atoms with Crippen molar-refractivity contribution in [3.05, 3.63) is 12.4 Å². The summed E-state index contributed by atoms with van der Waals surface area (Å²) in [5.74, 6) is 0.303. The molecule has 2 rings (SSSR count). The Labute approximate surface area is 114 Å². The van der Waals surface area contributed by atoms with Crippen molar-refractivity contribution < 1.29 is 4.79 Å². The van der Waals surface area contributed by atoms with Gasteiger partial charge in [-0.25, -0.2) is 0 Å². The van der Waals surface area contributed by atoms with Gasteiger partial charge in [-0.05, 0) is 33.2 Å². The fraction of sp³-hybridized carbons (Fsp3) is 0.769. The zero-order chi connectivity index (χ0) is 13.7. The summed E-state index contributed by atoms with van der Waals surface area (Å²) in [6.45, 7) is 7.65. The molecule has 1 aromatic rings. The van der Waals surface area contributed by atoms with E-state index < -0.39 is 0 Å². The number of carbonyl (C=O) groups is 1. The first-order chi connectivity index (χ1) is 9.16. The lowest BCUT2D eigenvalue weighted by molar-refractivity contribution is -0.126. The van der Waals surface area contributed by atoms with E-state index >= 15 is 0 Å². The largest absolute Gasteiger partial charge is 0.354 e. The van der Waals surface area contributed by atoms with Crippen LogP contribution in [0.25, 0.3) is 0 Å². The van der Waals surface area contributed by atoms with Gasteiger partial charge >= 0.3 is 0 Å². The molecule has 1 aliphatic heterocycles. The molecule has 0 unspecified atom stereocenters. The molecule has 1 N–H and O–H groups in total. The lowest BCUT2D eigenvalue weighted by Gasteiger charge is -2.34. The van der Waals surface area contributed by atoms with Crippen molar-refractivity contribution in [2.75, 3.05) is 19.6 Å². The number of nitrogens with one attached hydrogen (secondary N) is 1. The van der Waals surface area contributed by atoms with E-state index in [9.17, 15) is 4.79 Å². The summed E-state index contributed by atoms with van der Waals surface area (Å²) < 4.78 is 1.72. The molecule has 6 nitrogen and oxygen atoms in total. The van der Waals surface area contributed by atoms with E-state index in [0.717, 1.165) is 25.9 Å². The lowest BCUT2D eigenvalue weighted by Crippen LogP contribution is -2.46. The number of amides is 1. The van der Waals surface area contributed by atoms with Gasteiger partial charge in [0.05, 0.1) is 18.7 Å². The van der Waals surface area contributed by atoms with Gasteiger partial charge < -0.3 is 10.2 Å². The zero-order valence-electron chi connectivity index (χ0n) is 11.7. The highest BCUT2D eigenvalue weighted by Gasteiger charge is 2.26. The summed E-state index contributed by atoms with van der Waals surface area (Å²) in [5, 5.41) is 10.6. The first kappa shape index (κ1) is 14.0. The Hall–Kier alpha value is -1.43. The van der Waals surface area contributed by atoms with Crippen LogP contribution in [0.2, 0.25) is 0 Å². The molecule has 1 amide bonds. The standard InChI is InChI=1S/C13H23N5O/c1-11(2)17-7-3-4-12(10-17)13(19)14-5-8-18-9-6-15-16-18/h6,9,11-12H,3-5,7-8,10H2,1-2H3,(H,14,19)/t12-/m1/s1. The maximum atomic E-state index is 12.1. The van der Waals surface area contributed by atoms with Crippen LogP contribution in [-0.2, 0) is 11.3 Å². The second kappa shape index (κ2) is 6.65. The number of aromatic nitrogens is 3. The molecule has 6 heteroatoms. The maximum Gasteiger partial charge on any atom is 0.224 e. The average Bonchev–Trinajstić information content (AvgIpc) is 2.92. The Morgan fingerprint density at radius 1 is 1.53 bits per heavy atom. The molecule has 1 atom stereocenters. The van der Waals surface area contributed by atoms with Crippen LogP contribution in [0.1, 0.15) is 26.7 Å². The average molecular weight is 265 g/mol. The van der Waals surface area contributed by atoms with Crippen LogP contribution < -0.4 is 5.32 Å². The van der Waals surface area contributed by atoms with Crippen LogP contribution in [-0.4, -0.2) is 51.5 Å². The summed E-state index contributed by atoms with van der Waals surface area (Å²) in [6.07, 6.45) is 5.55. The number of piperidine rings is 1. The van der Waals surface area contributed by atoms with Gasteiger partial charge in [-0.1, -0.05) is 5.21 Å². The quantitative estimate of drug-likeness (QED) is 0.843. The number of hydrogen-bond acceptors (Lipinski definition) is 4. The molecule has 1 fully saturated rings. The van der Waals surface area contributed by atoms with E-state index in [2.05, 4.69) is 34.4 Å². The number of rotatable bonds is 5. The van der Waals surface area contributed by atoms with E-state index in [1.165, 1.54) is 0 Å². The topological polar surface area (TPSA) is 63.1 Å². The van der Waals surface area contributed by atoms with Crippen molar-refractivity contribution in [3.8, 4) is 0 Å². The molecule has 0 aliphatic carbocycles. The van der Waals surface area contributed by atoms with E-state index in [0.29, 0.717) is 19.1 Å². The minimum Gasteiger partial charge on any atom is -0.354 e. The molecule has 0 radical (unpaired) electrons. The van der Waals surface area contributed by atoms with Crippen LogP contribution in [0.5, 0.6) is 0 Å². The van der Waals surface area contributed by atoms with Gasteiger partial charge in [0.2, 0.25) is 5.91 Å². The molecular formula is C13H23N5O. The molecule has 0 aromatic carbocycles. The highest BCUT2D eigenvalue weighted by Crippen LogP contribution is 2.18. The Kier molecular flexibility index (Phi) is 4.90. The molecule has 2 heterocycles. The molecular weight excluding hydrogens is 242 g/mol. The highest BCUT2D eigenvalue weighted by molar-refractivity contribution is 5.78. The minimum atomic E-state index is 0.131. The fourth-order valence-corrected chi connectivity index (χ4v) is 2.48. The maximum absolute atomic E-state index is 12.1. The summed E-state index contributed by atoms with van der Waals surface area (Å²) in [4.78, 5) is 14.5. The van der Waals surface area contributed by atoms with E-state index in [1.54, 1.807) is 17.1 Å². The summed E-state index contributed by atoms with van der Waals surface area (Å²) >= 11 is 0. The van der Waals surface area contributed by atoms with Crippen molar-refractivity contribution in [1.82, 2.24) is 25.2 Å². The van der Waals surface area contributed by atoms with E-state index in [-0.39, 0.29) is 11.8 Å². The van der Waals surface area contributed by atoms with Gasteiger partial charge in [0.1, 0.15) is 0 Å². The van der Waals surface area contributed by atoms with Gasteiger partial charge in [-0.15, -0.1) is 5.10 Å². The first-order valence-electron chi connectivity index (χ1n) is 7.02. The molecule has 0 spiro atoms. The second-order valence-electron chi connectivity index (χ2n) is 5.38. The van der Waals surface area contributed by atoms with E-state index in [4.69, 9.17) is 0 Å². The van der Waals surface area contributed by atoms with Gasteiger partial charge in [0, 0.05) is 25.3 Å². The monoisotopic (exact) mass is 265 g/mol. The van der Waals surface area contributed by atoms with Gasteiger partial charge in [-0.3, -0.25) is 9.48 Å². The minimum absolute atomic E-state index is 0.131. The van der Waals surface area contributed by atoms with E-state index in [1.807, 2.05) is 0 Å². The summed E-state index contributed by atoms with van der Waals surface area (Å²) in [5.41, 5.74) is 0. The number of carbonyl (C=O) groups excluding carboxylic acids is 1. The second-order valence-corrected chi connectivity index (χ2v) is 5.38. The SMILES string of the molecule is CC(C)N1CCC[C@@H](C(=O)NCCn2ccnn2)C1. The Morgan fingerprint density at radius 3 is 3.05 bits per heavy atom. The zero-order valence-corrected chi connectivity index (χ0v) is 11.7. The van der Waals surface area contributed by atoms with Crippen molar-refractivity contribution in [3.63, 3.8) is 0 Å². The first-order valence-corrected chi connectivity index (χ1v) is 7.02. The lowest BCUT2D eigenvalue weighted by atomic mass is 9.96. The predicted molar refractivity (Wildman–Crippen MR) is 72.5 cm³/mol. The number of hydrogen-bond donors (Lipinski definition) is 1. The van der Waals surface area contributed by atoms with Gasteiger partial charge in [0.15, 0.2) is 0 Å². The van der Waals surface area contributed by atoms with Crippen LogP contribution in [0.4, 0.5) is 0 Å². The third-order valence-corrected chi connectivity index (χ3v) is 3.67. The number of likely N-dealkylation sites (tertiary alicyclic amines) is 1. The van der Waals surface area contributed by atoms with Crippen molar-refractivity contribution in [2.24, 2.45) is 5.92 Å². The van der Waals surface area contributed by atoms with Crippen molar-refractivity contribution in [1.29, 1.82) is 0 Å². The predicted octanol–water partition coefficient (Wildman–Crippen LogP) is 0.515. The summed E-state index contributed by atoms with van der Waals surface area (Å²) in [6, 6.07) is 0.519. The molecule has 1 aromatic heterocycles. The third kappa shape index (κ3) is 4.02. The summed E-state index contributed by atoms with van der Waals surface area (Å²) in [7, 11) is 0. The normalized spacial score (nSPS) is 20.7. The Bertz CT molecular complexity index is 390. The smallest absolute Gasteiger partial charge is 0.224 e. The van der Waals surface area contributed by atoms with Crippen LogP contribution >= 0.6 is 0 Å². The number of nitrogens with zero attached hydrogens (tertiary/aromatic N) is 4. The van der Waals surface area contributed by atoms with Crippen LogP contribution in [0.15, 0.2) is 12.4 Å². The Morgan fingerprint density at radius 2 is 2.37 bits per heavy atom. The fourth-order valence-electron chi connectivity index (χ4n) is 2.48. The van der Waals surface area contributed by atoms with Crippen molar-refractivity contribution >= 4 is 5.91 Å². The Balaban J connectivity index is 1.73. The molecule has 0 saturated carbocycles. The third-order valence-electron chi connectivity index (χ3n) is 3.67. The molecule has 0 bridgehead atoms. The van der Waals surface area contributed by atoms with Gasteiger partial charge in [-0.2, -0.15) is 0 Å². The highest BCUT2D eigenvalue weighted by atomic mass is 16.1. The van der Waals surface area contributed by atoms with Crippen LogP contribution in [0, 0.1) is 5.92 Å².